The van der Waals surface area contributed by atoms with E-state index in [1.165, 1.54) is 0 Å². The fourth-order valence-electron chi connectivity index (χ4n) is 2.33. The molecule has 0 N–H and O–H groups in total. The second-order valence-corrected chi connectivity index (χ2v) is 5.49. The molecule has 2 rings (SSSR count). The Kier molecular flexibility index (Phi) is 5.37. The smallest absolute Gasteiger partial charge is 0.176 e. The third kappa shape index (κ3) is 3.56. The van der Waals surface area contributed by atoms with Crippen molar-refractivity contribution in [1.82, 2.24) is 9.78 Å². The molecule has 1 aromatic heterocycles. The highest BCUT2D eigenvalue weighted by Crippen LogP contribution is 2.27. The van der Waals surface area contributed by atoms with Crippen molar-refractivity contribution in [2.75, 3.05) is 26.9 Å². The Labute approximate surface area is 121 Å². The highest BCUT2D eigenvalue weighted by molar-refractivity contribution is 9.10. The van der Waals surface area contributed by atoms with Crippen LogP contribution in [0.25, 0.3) is 0 Å². The first-order chi connectivity index (χ1) is 9.26. The van der Waals surface area contributed by atoms with Crippen molar-refractivity contribution >= 4 is 15.9 Å². The summed E-state index contributed by atoms with van der Waals surface area (Å²) in [6.45, 7) is 2.94. The molecule has 1 fully saturated rings. The molecule has 0 aromatic carbocycles. The molecule has 1 saturated heterocycles. The van der Waals surface area contributed by atoms with E-state index in [0.29, 0.717) is 24.8 Å². The molecule has 2 heterocycles. The average molecular weight is 328 g/mol. The number of hydrogen-bond donors (Lipinski definition) is 0. The molecule has 0 atom stereocenters. The van der Waals surface area contributed by atoms with Crippen LogP contribution in [0.4, 0.5) is 0 Å². The first-order valence-corrected chi connectivity index (χ1v) is 7.27. The molecular formula is C13H18BrN3O2. The lowest BCUT2D eigenvalue weighted by molar-refractivity contribution is 0.0657. The molecule has 0 spiro atoms. The van der Waals surface area contributed by atoms with Gasteiger partial charge in [-0.2, -0.15) is 10.4 Å². The number of nitriles is 1. The van der Waals surface area contributed by atoms with Crippen molar-refractivity contribution in [3.8, 4) is 6.07 Å². The Morgan fingerprint density at radius 1 is 1.53 bits per heavy atom. The van der Waals surface area contributed by atoms with E-state index >= 15 is 0 Å². The third-order valence-corrected chi connectivity index (χ3v) is 4.26. The first kappa shape index (κ1) is 14.5. The van der Waals surface area contributed by atoms with Crippen molar-refractivity contribution in [3.05, 3.63) is 15.9 Å². The van der Waals surface area contributed by atoms with Crippen LogP contribution in [0.3, 0.4) is 0 Å². The number of nitrogens with zero attached hydrogens (tertiary/aromatic N) is 3. The first-order valence-electron chi connectivity index (χ1n) is 6.48. The Balaban J connectivity index is 2.15. The number of aromatic nitrogens is 2. The van der Waals surface area contributed by atoms with Crippen LogP contribution < -0.4 is 0 Å². The van der Waals surface area contributed by atoms with Crippen LogP contribution in [0.2, 0.25) is 0 Å². The highest BCUT2D eigenvalue weighted by Gasteiger charge is 2.21. The van der Waals surface area contributed by atoms with Gasteiger partial charge in [-0.3, -0.25) is 4.68 Å². The van der Waals surface area contributed by atoms with Gasteiger partial charge in [0.25, 0.3) is 0 Å². The summed E-state index contributed by atoms with van der Waals surface area (Å²) < 4.78 is 13.2. The van der Waals surface area contributed by atoms with Crippen molar-refractivity contribution < 1.29 is 9.47 Å². The summed E-state index contributed by atoms with van der Waals surface area (Å²) in [5.41, 5.74) is 1.55. The fraction of sp³-hybridized carbons (Fsp3) is 0.692. The van der Waals surface area contributed by atoms with Gasteiger partial charge in [-0.25, -0.2) is 0 Å². The van der Waals surface area contributed by atoms with Gasteiger partial charge in [-0.05, 0) is 41.1 Å². The molecule has 0 bridgehead atoms. The van der Waals surface area contributed by atoms with Gasteiger partial charge in [0.1, 0.15) is 6.07 Å². The highest BCUT2D eigenvalue weighted by atomic mass is 79.9. The number of halogens is 1. The molecule has 0 unspecified atom stereocenters. The SMILES string of the molecule is COCCn1nc(C#N)c(Br)c1CC1CCOCC1. The van der Waals surface area contributed by atoms with E-state index in [0.717, 1.165) is 42.6 Å². The molecule has 5 nitrogen and oxygen atoms in total. The number of hydrogen-bond acceptors (Lipinski definition) is 4. The van der Waals surface area contributed by atoms with Crippen LogP contribution in [-0.2, 0) is 22.4 Å². The van der Waals surface area contributed by atoms with Gasteiger partial charge in [-0.1, -0.05) is 0 Å². The summed E-state index contributed by atoms with van der Waals surface area (Å²) >= 11 is 3.50. The molecular weight excluding hydrogens is 310 g/mol. The van der Waals surface area contributed by atoms with Crippen LogP contribution >= 0.6 is 15.9 Å². The van der Waals surface area contributed by atoms with Crippen molar-refractivity contribution in [2.45, 2.75) is 25.8 Å². The van der Waals surface area contributed by atoms with Gasteiger partial charge in [0.05, 0.1) is 23.3 Å². The minimum absolute atomic E-state index is 0.457. The number of methoxy groups -OCH3 is 1. The Morgan fingerprint density at radius 2 is 2.26 bits per heavy atom. The van der Waals surface area contributed by atoms with Crippen LogP contribution in [0.5, 0.6) is 0 Å². The summed E-state index contributed by atoms with van der Waals surface area (Å²) in [7, 11) is 1.67. The lowest BCUT2D eigenvalue weighted by Crippen LogP contribution is -2.20. The predicted octanol–water partition coefficient (Wildman–Crippen LogP) is 2.13. The van der Waals surface area contributed by atoms with Gasteiger partial charge in [0.2, 0.25) is 0 Å². The summed E-state index contributed by atoms with van der Waals surface area (Å²) in [4.78, 5) is 0. The van der Waals surface area contributed by atoms with E-state index in [2.05, 4.69) is 27.1 Å². The summed E-state index contributed by atoms with van der Waals surface area (Å²) in [5, 5.41) is 13.4. The van der Waals surface area contributed by atoms with E-state index in [-0.39, 0.29) is 0 Å². The van der Waals surface area contributed by atoms with E-state index in [1.807, 2.05) is 4.68 Å². The van der Waals surface area contributed by atoms with Gasteiger partial charge in [0.15, 0.2) is 5.69 Å². The molecule has 19 heavy (non-hydrogen) atoms. The van der Waals surface area contributed by atoms with Crippen molar-refractivity contribution in [2.24, 2.45) is 5.92 Å². The summed E-state index contributed by atoms with van der Waals surface area (Å²) in [6, 6.07) is 2.13. The standard InChI is InChI=1S/C13H18BrN3O2/c1-18-7-4-17-12(13(14)11(9-15)16-17)8-10-2-5-19-6-3-10/h10H,2-8H2,1H3. The predicted molar refractivity (Wildman–Crippen MR) is 73.8 cm³/mol. The molecule has 0 amide bonds. The maximum absolute atomic E-state index is 9.08. The quantitative estimate of drug-likeness (QED) is 0.831. The zero-order valence-electron chi connectivity index (χ0n) is 11.1. The topological polar surface area (TPSA) is 60.1 Å². The third-order valence-electron chi connectivity index (χ3n) is 3.43. The number of rotatable bonds is 5. The average Bonchev–Trinajstić information content (AvgIpc) is 2.74. The van der Waals surface area contributed by atoms with Crippen LogP contribution in [0.1, 0.15) is 24.2 Å². The minimum atomic E-state index is 0.457. The van der Waals surface area contributed by atoms with Crippen LogP contribution in [-0.4, -0.2) is 36.7 Å². The van der Waals surface area contributed by atoms with Crippen LogP contribution in [0.15, 0.2) is 4.47 Å². The summed E-state index contributed by atoms with van der Waals surface area (Å²) in [5.74, 6) is 0.606. The summed E-state index contributed by atoms with van der Waals surface area (Å²) in [6.07, 6.45) is 3.08. The molecule has 0 saturated carbocycles. The molecule has 0 radical (unpaired) electrons. The Bertz CT molecular complexity index is 461. The molecule has 1 aromatic rings. The molecule has 1 aliphatic heterocycles. The lowest BCUT2D eigenvalue weighted by atomic mass is 9.95. The van der Waals surface area contributed by atoms with E-state index < -0.39 is 0 Å². The molecule has 6 heteroatoms. The molecule has 0 aliphatic carbocycles. The second-order valence-electron chi connectivity index (χ2n) is 4.70. The Morgan fingerprint density at radius 3 is 2.89 bits per heavy atom. The van der Waals surface area contributed by atoms with E-state index in [1.54, 1.807) is 7.11 Å². The van der Waals surface area contributed by atoms with Gasteiger partial charge in [-0.15, -0.1) is 0 Å². The molecule has 1 aliphatic rings. The van der Waals surface area contributed by atoms with Gasteiger partial charge >= 0.3 is 0 Å². The largest absolute Gasteiger partial charge is 0.383 e. The zero-order chi connectivity index (χ0) is 13.7. The maximum atomic E-state index is 9.08. The second kappa shape index (κ2) is 7.04. The zero-order valence-corrected chi connectivity index (χ0v) is 12.6. The van der Waals surface area contributed by atoms with E-state index in [9.17, 15) is 0 Å². The molecule has 104 valence electrons. The monoisotopic (exact) mass is 327 g/mol. The maximum Gasteiger partial charge on any atom is 0.176 e. The lowest BCUT2D eigenvalue weighted by Gasteiger charge is -2.22. The van der Waals surface area contributed by atoms with Gasteiger partial charge in [0, 0.05) is 20.3 Å². The Hall–Kier alpha value is -0.900. The number of ether oxygens (including phenoxy) is 2. The minimum Gasteiger partial charge on any atom is -0.383 e. The van der Waals surface area contributed by atoms with Crippen molar-refractivity contribution in [1.29, 1.82) is 5.26 Å². The normalized spacial score (nSPS) is 16.5. The fourth-order valence-corrected chi connectivity index (χ4v) is 2.86. The van der Waals surface area contributed by atoms with Gasteiger partial charge < -0.3 is 9.47 Å². The van der Waals surface area contributed by atoms with Crippen LogP contribution in [0, 0.1) is 17.2 Å². The van der Waals surface area contributed by atoms with E-state index in [4.69, 9.17) is 14.7 Å². The van der Waals surface area contributed by atoms with Crippen molar-refractivity contribution in [3.63, 3.8) is 0 Å².